The van der Waals surface area contributed by atoms with Crippen LogP contribution in [0.1, 0.15) is 57.9 Å². The van der Waals surface area contributed by atoms with Gasteiger partial charge in [-0.1, -0.05) is 38.5 Å². The van der Waals surface area contributed by atoms with Crippen LogP contribution in [-0.2, 0) is 25.6 Å². The standard InChI is InChI=1S/C28H42N6O5/c1-3-17(2)24(30)26(36)33-22(15-18-16-31-20-10-5-4-9-19(18)20)27(37)34-14-8-12-23(34)25(35)32-21(28(38)39)11-6-7-13-29/h4-5,9-10,16-17,21-24,31H,3,6-8,11-15,29-30H2,1-2H3,(H,32,35)(H,33,36)(H,38,39). The van der Waals surface area contributed by atoms with E-state index in [0.717, 1.165) is 16.5 Å². The number of likely N-dealkylation sites (tertiary alicyclic amines) is 1. The molecular weight excluding hydrogens is 500 g/mol. The third-order valence-electron chi connectivity index (χ3n) is 7.67. The molecule has 2 aromatic rings. The largest absolute Gasteiger partial charge is 0.480 e. The fourth-order valence-electron chi connectivity index (χ4n) is 5.02. The highest BCUT2D eigenvalue weighted by atomic mass is 16.4. The number of carboxylic acid groups (broad SMARTS) is 1. The number of hydrogen-bond donors (Lipinski definition) is 6. The molecule has 0 radical (unpaired) electrons. The Labute approximate surface area is 229 Å². The van der Waals surface area contributed by atoms with Crippen LogP contribution >= 0.6 is 0 Å². The highest BCUT2D eigenvalue weighted by Crippen LogP contribution is 2.23. The molecule has 1 saturated heterocycles. The minimum absolute atomic E-state index is 0.0774. The van der Waals surface area contributed by atoms with Gasteiger partial charge >= 0.3 is 5.97 Å². The van der Waals surface area contributed by atoms with E-state index in [4.69, 9.17) is 11.5 Å². The van der Waals surface area contributed by atoms with Crippen molar-refractivity contribution in [2.24, 2.45) is 17.4 Å². The zero-order valence-electron chi connectivity index (χ0n) is 22.8. The Balaban J connectivity index is 1.81. The number of amides is 3. The topological polar surface area (TPSA) is 184 Å². The van der Waals surface area contributed by atoms with Gasteiger partial charge in [-0.3, -0.25) is 14.4 Å². The maximum Gasteiger partial charge on any atom is 0.326 e. The van der Waals surface area contributed by atoms with Crippen molar-refractivity contribution in [2.45, 2.75) is 83.0 Å². The molecule has 1 aliphatic heterocycles. The zero-order valence-corrected chi connectivity index (χ0v) is 22.8. The minimum atomic E-state index is -1.13. The fourth-order valence-corrected chi connectivity index (χ4v) is 5.02. The van der Waals surface area contributed by atoms with Crippen LogP contribution in [0.15, 0.2) is 30.5 Å². The number of para-hydroxylation sites is 1. The average molecular weight is 543 g/mol. The second-order valence-electron chi connectivity index (χ2n) is 10.4. The molecule has 1 aromatic carbocycles. The first-order valence-corrected chi connectivity index (χ1v) is 13.8. The Bertz CT molecular complexity index is 1150. The van der Waals surface area contributed by atoms with Gasteiger partial charge in [-0.25, -0.2) is 4.79 Å². The van der Waals surface area contributed by atoms with Crippen LogP contribution in [0.25, 0.3) is 10.9 Å². The molecule has 11 heteroatoms. The van der Waals surface area contributed by atoms with Gasteiger partial charge in [-0.15, -0.1) is 0 Å². The number of benzene rings is 1. The van der Waals surface area contributed by atoms with Gasteiger partial charge in [0.25, 0.3) is 0 Å². The molecule has 0 bridgehead atoms. The summed E-state index contributed by atoms with van der Waals surface area (Å²) in [6.45, 7) is 4.60. The fraction of sp³-hybridized carbons (Fsp3) is 0.571. The molecule has 3 rings (SSSR count). The van der Waals surface area contributed by atoms with Gasteiger partial charge in [0.1, 0.15) is 18.1 Å². The van der Waals surface area contributed by atoms with Gasteiger partial charge in [0.05, 0.1) is 6.04 Å². The van der Waals surface area contributed by atoms with E-state index in [0.29, 0.717) is 45.2 Å². The second-order valence-corrected chi connectivity index (χ2v) is 10.4. The molecule has 39 heavy (non-hydrogen) atoms. The summed E-state index contributed by atoms with van der Waals surface area (Å²) in [4.78, 5) is 56.5. The number of rotatable bonds is 14. The first-order valence-electron chi connectivity index (χ1n) is 13.8. The number of aromatic nitrogens is 1. The van der Waals surface area contributed by atoms with Crippen molar-refractivity contribution in [1.29, 1.82) is 0 Å². The number of carbonyl (C=O) groups is 4. The van der Waals surface area contributed by atoms with Crippen molar-refractivity contribution in [3.05, 3.63) is 36.0 Å². The van der Waals surface area contributed by atoms with Crippen LogP contribution < -0.4 is 22.1 Å². The van der Waals surface area contributed by atoms with Crippen LogP contribution in [-0.4, -0.2) is 75.9 Å². The SMILES string of the molecule is CCC(C)C(N)C(=O)NC(Cc1c[nH]c2ccccc12)C(=O)N1CCCC1C(=O)NC(CCCCN)C(=O)O. The molecule has 0 saturated carbocycles. The smallest absolute Gasteiger partial charge is 0.326 e. The van der Waals surface area contributed by atoms with Gasteiger partial charge in [0.15, 0.2) is 0 Å². The Kier molecular flexibility index (Phi) is 10.9. The Hall–Kier alpha value is -3.44. The number of nitrogens with zero attached hydrogens (tertiary/aromatic N) is 1. The van der Waals surface area contributed by atoms with Gasteiger partial charge < -0.3 is 37.1 Å². The van der Waals surface area contributed by atoms with Crippen LogP contribution in [0, 0.1) is 5.92 Å². The van der Waals surface area contributed by atoms with Crippen molar-refractivity contribution < 1.29 is 24.3 Å². The van der Waals surface area contributed by atoms with Gasteiger partial charge in [-0.2, -0.15) is 0 Å². The first kappa shape index (κ1) is 30.1. The number of aliphatic carboxylic acids is 1. The van der Waals surface area contributed by atoms with E-state index >= 15 is 0 Å². The lowest BCUT2D eigenvalue weighted by atomic mass is 9.98. The third kappa shape index (κ3) is 7.57. The lowest BCUT2D eigenvalue weighted by molar-refractivity contribution is -0.145. The van der Waals surface area contributed by atoms with Crippen molar-refractivity contribution >= 4 is 34.6 Å². The van der Waals surface area contributed by atoms with Gasteiger partial charge in [-0.05, 0) is 56.2 Å². The molecule has 11 nitrogen and oxygen atoms in total. The lowest BCUT2D eigenvalue weighted by Crippen LogP contribution is -2.57. The highest BCUT2D eigenvalue weighted by Gasteiger charge is 2.39. The van der Waals surface area contributed by atoms with Crippen LogP contribution in [0.4, 0.5) is 0 Å². The molecular formula is C28H42N6O5. The van der Waals surface area contributed by atoms with E-state index in [1.807, 2.05) is 44.3 Å². The molecule has 8 N–H and O–H groups in total. The molecule has 3 amide bonds. The van der Waals surface area contributed by atoms with Crippen LogP contribution in [0.2, 0.25) is 0 Å². The van der Waals surface area contributed by atoms with E-state index in [2.05, 4.69) is 15.6 Å². The summed E-state index contributed by atoms with van der Waals surface area (Å²) in [5.41, 5.74) is 13.4. The van der Waals surface area contributed by atoms with Gasteiger partial charge in [0.2, 0.25) is 17.7 Å². The monoisotopic (exact) mass is 542 g/mol. The predicted molar refractivity (Wildman–Crippen MR) is 149 cm³/mol. The average Bonchev–Trinajstić information content (AvgIpc) is 3.58. The molecule has 0 aliphatic carbocycles. The second kappa shape index (κ2) is 14.1. The van der Waals surface area contributed by atoms with E-state index in [1.54, 1.807) is 0 Å². The zero-order chi connectivity index (χ0) is 28.5. The number of unbranched alkanes of at least 4 members (excludes halogenated alkanes) is 1. The number of hydrogen-bond acceptors (Lipinski definition) is 6. The van der Waals surface area contributed by atoms with E-state index in [1.165, 1.54) is 4.90 Å². The normalized spacial score (nSPS) is 18.4. The number of nitrogens with one attached hydrogen (secondary N) is 3. The van der Waals surface area contributed by atoms with Crippen LogP contribution in [0.3, 0.4) is 0 Å². The third-order valence-corrected chi connectivity index (χ3v) is 7.67. The van der Waals surface area contributed by atoms with Crippen molar-refractivity contribution in [2.75, 3.05) is 13.1 Å². The summed E-state index contributed by atoms with van der Waals surface area (Å²) in [6.07, 6.45) is 5.22. The molecule has 1 fully saturated rings. The van der Waals surface area contributed by atoms with Crippen molar-refractivity contribution in [3.63, 3.8) is 0 Å². The molecule has 1 aliphatic rings. The van der Waals surface area contributed by atoms with E-state index in [-0.39, 0.29) is 18.8 Å². The van der Waals surface area contributed by atoms with Gasteiger partial charge in [0, 0.05) is 30.1 Å². The first-order chi connectivity index (χ1) is 18.7. The summed E-state index contributed by atoms with van der Waals surface area (Å²) in [5, 5.41) is 16.0. The summed E-state index contributed by atoms with van der Waals surface area (Å²) < 4.78 is 0. The molecule has 5 unspecified atom stereocenters. The van der Waals surface area contributed by atoms with Crippen molar-refractivity contribution in [3.8, 4) is 0 Å². The summed E-state index contributed by atoms with van der Waals surface area (Å²) in [6, 6.07) is 4.08. The number of aromatic amines is 1. The number of carbonyl (C=O) groups excluding carboxylic acids is 3. The Morgan fingerprint density at radius 1 is 1.15 bits per heavy atom. The van der Waals surface area contributed by atoms with Crippen molar-refractivity contribution in [1.82, 2.24) is 20.5 Å². The molecule has 5 atom stereocenters. The molecule has 1 aromatic heterocycles. The van der Waals surface area contributed by atoms with Crippen LogP contribution in [0.5, 0.6) is 0 Å². The number of carboxylic acids is 1. The number of nitrogens with two attached hydrogens (primary N) is 2. The maximum absolute atomic E-state index is 13.9. The molecule has 2 heterocycles. The summed E-state index contributed by atoms with van der Waals surface area (Å²) in [7, 11) is 0. The predicted octanol–water partition coefficient (Wildman–Crippen LogP) is 1.26. The maximum atomic E-state index is 13.9. The number of H-pyrrole nitrogens is 1. The minimum Gasteiger partial charge on any atom is -0.480 e. The number of fused-ring (bicyclic) bond motifs is 1. The quantitative estimate of drug-likeness (QED) is 0.194. The summed E-state index contributed by atoms with van der Waals surface area (Å²) in [5.74, 6) is -2.52. The van der Waals surface area contributed by atoms with E-state index < -0.39 is 47.9 Å². The molecule has 0 spiro atoms. The van der Waals surface area contributed by atoms with E-state index in [9.17, 15) is 24.3 Å². The summed E-state index contributed by atoms with van der Waals surface area (Å²) >= 11 is 0. The lowest BCUT2D eigenvalue weighted by Gasteiger charge is -2.30. The highest BCUT2D eigenvalue weighted by molar-refractivity contribution is 5.95. The Morgan fingerprint density at radius 3 is 2.59 bits per heavy atom. The molecule has 214 valence electrons. The Morgan fingerprint density at radius 2 is 1.90 bits per heavy atom.